The van der Waals surface area contributed by atoms with E-state index in [9.17, 15) is 0 Å². The molecule has 4 aromatic carbocycles. The molecule has 176 valence electrons. The van der Waals surface area contributed by atoms with Crippen LogP contribution in [-0.2, 0) is 6.42 Å². The third-order valence-electron chi connectivity index (χ3n) is 6.11. The lowest BCUT2D eigenvalue weighted by Gasteiger charge is -2.27. The minimum Gasteiger partial charge on any atom is -0.310 e. The van der Waals surface area contributed by atoms with E-state index in [1.165, 1.54) is 33.5 Å². The summed E-state index contributed by atoms with van der Waals surface area (Å²) in [5, 5.41) is 0. The molecular formula is C34H35N. The number of para-hydroxylation sites is 1. The van der Waals surface area contributed by atoms with E-state index in [1.807, 2.05) is 0 Å². The minimum absolute atomic E-state index is 0.686. The maximum atomic E-state index is 2.32. The van der Waals surface area contributed by atoms with E-state index >= 15 is 0 Å². The Morgan fingerprint density at radius 3 is 1.69 bits per heavy atom. The van der Waals surface area contributed by atoms with Gasteiger partial charge in [0.15, 0.2) is 0 Å². The standard InChI is InChI=1S/C34H35N/c1-26(2)25-31-17-15-29(16-18-31)10-6-7-11-30-19-23-33(24-20-30)35(32-21-13-27(3)14-22-32)34-12-8-5-9-28(34)4/h5-24,26H,25H2,1-4H3/b10-6+,11-7+. The molecule has 0 unspecified atom stereocenters. The van der Waals surface area contributed by atoms with E-state index in [4.69, 9.17) is 0 Å². The maximum absolute atomic E-state index is 2.32. The van der Waals surface area contributed by atoms with E-state index in [2.05, 4.69) is 154 Å². The molecule has 0 spiro atoms. The fraction of sp³-hybridized carbons (Fsp3) is 0.176. The van der Waals surface area contributed by atoms with Crippen LogP contribution >= 0.6 is 0 Å². The molecule has 1 nitrogen and oxygen atoms in total. The van der Waals surface area contributed by atoms with Crippen molar-refractivity contribution in [1.82, 2.24) is 0 Å². The van der Waals surface area contributed by atoms with Gasteiger partial charge in [0.1, 0.15) is 0 Å². The van der Waals surface area contributed by atoms with Gasteiger partial charge >= 0.3 is 0 Å². The molecule has 0 aliphatic rings. The van der Waals surface area contributed by atoms with Crippen LogP contribution in [0, 0.1) is 19.8 Å². The lowest BCUT2D eigenvalue weighted by atomic mass is 10.0. The second-order valence-corrected chi connectivity index (χ2v) is 9.61. The minimum atomic E-state index is 0.686. The van der Waals surface area contributed by atoms with Crippen molar-refractivity contribution >= 4 is 29.2 Å². The van der Waals surface area contributed by atoms with Crippen molar-refractivity contribution in [3.8, 4) is 0 Å². The van der Waals surface area contributed by atoms with Crippen LogP contribution in [0.2, 0.25) is 0 Å². The SMILES string of the molecule is Cc1ccc(N(c2ccc(/C=C/C=C/c3ccc(CC(C)C)cc3)cc2)c2ccccc2C)cc1. The first-order valence-corrected chi connectivity index (χ1v) is 12.5. The highest BCUT2D eigenvalue weighted by Crippen LogP contribution is 2.36. The summed E-state index contributed by atoms with van der Waals surface area (Å²) in [6.45, 7) is 8.80. The normalized spacial score (nSPS) is 11.6. The Kier molecular flexibility index (Phi) is 8.00. The molecule has 0 bridgehead atoms. The first kappa shape index (κ1) is 24.3. The average molecular weight is 458 g/mol. The molecule has 35 heavy (non-hydrogen) atoms. The van der Waals surface area contributed by atoms with Crippen LogP contribution in [0.25, 0.3) is 12.2 Å². The quantitative estimate of drug-likeness (QED) is 0.238. The molecule has 0 saturated carbocycles. The summed E-state index contributed by atoms with van der Waals surface area (Å²) in [7, 11) is 0. The highest BCUT2D eigenvalue weighted by molar-refractivity contribution is 5.78. The third kappa shape index (κ3) is 6.61. The molecule has 0 aliphatic carbocycles. The summed E-state index contributed by atoms with van der Waals surface area (Å²) in [5.74, 6) is 0.686. The van der Waals surface area contributed by atoms with Gasteiger partial charge in [-0.3, -0.25) is 0 Å². The summed E-state index contributed by atoms with van der Waals surface area (Å²) < 4.78 is 0. The maximum Gasteiger partial charge on any atom is 0.0490 e. The number of hydrogen-bond acceptors (Lipinski definition) is 1. The van der Waals surface area contributed by atoms with Crippen molar-refractivity contribution in [3.63, 3.8) is 0 Å². The smallest absolute Gasteiger partial charge is 0.0490 e. The molecular weight excluding hydrogens is 422 g/mol. The van der Waals surface area contributed by atoms with Crippen LogP contribution in [0.15, 0.2) is 109 Å². The number of rotatable bonds is 8. The average Bonchev–Trinajstić information content (AvgIpc) is 2.86. The third-order valence-corrected chi connectivity index (χ3v) is 6.11. The highest BCUT2D eigenvalue weighted by atomic mass is 15.1. The summed E-state index contributed by atoms with van der Waals surface area (Å²) in [6.07, 6.45) is 9.65. The van der Waals surface area contributed by atoms with Crippen LogP contribution in [0.4, 0.5) is 17.1 Å². The zero-order valence-electron chi connectivity index (χ0n) is 21.3. The van der Waals surface area contributed by atoms with Gasteiger partial charge in [0.25, 0.3) is 0 Å². The van der Waals surface area contributed by atoms with Gasteiger partial charge in [-0.2, -0.15) is 0 Å². The van der Waals surface area contributed by atoms with E-state index in [0.29, 0.717) is 5.92 Å². The second kappa shape index (κ2) is 11.5. The molecule has 0 aromatic heterocycles. The molecule has 1 heteroatoms. The molecule has 0 N–H and O–H groups in total. The molecule has 0 saturated heterocycles. The van der Waals surface area contributed by atoms with E-state index in [1.54, 1.807) is 0 Å². The molecule has 4 rings (SSSR count). The molecule has 0 heterocycles. The number of allylic oxidation sites excluding steroid dienone is 2. The monoisotopic (exact) mass is 457 g/mol. The molecule has 0 fully saturated rings. The summed E-state index contributed by atoms with van der Waals surface area (Å²) in [4.78, 5) is 2.32. The van der Waals surface area contributed by atoms with E-state index in [0.717, 1.165) is 17.8 Å². The zero-order valence-corrected chi connectivity index (χ0v) is 21.3. The van der Waals surface area contributed by atoms with Gasteiger partial charge in [-0.25, -0.2) is 0 Å². The zero-order chi connectivity index (χ0) is 24.6. The number of anilines is 3. The number of aryl methyl sites for hydroxylation is 2. The van der Waals surface area contributed by atoms with Gasteiger partial charge in [-0.05, 0) is 78.8 Å². The van der Waals surface area contributed by atoms with Crippen molar-refractivity contribution in [2.75, 3.05) is 4.90 Å². The largest absolute Gasteiger partial charge is 0.310 e. The Balaban J connectivity index is 1.50. The molecule has 0 amide bonds. The Labute approximate surface area is 211 Å². The topological polar surface area (TPSA) is 3.24 Å². The Hall–Kier alpha value is -3.84. The van der Waals surface area contributed by atoms with Crippen molar-refractivity contribution in [2.45, 2.75) is 34.1 Å². The summed E-state index contributed by atoms with van der Waals surface area (Å²) in [6, 6.07) is 34.9. The van der Waals surface area contributed by atoms with Crippen molar-refractivity contribution < 1.29 is 0 Å². The van der Waals surface area contributed by atoms with Crippen molar-refractivity contribution in [2.24, 2.45) is 5.92 Å². The second-order valence-electron chi connectivity index (χ2n) is 9.61. The van der Waals surface area contributed by atoms with Crippen LogP contribution in [0.1, 0.15) is 41.7 Å². The molecule has 4 aromatic rings. The first-order chi connectivity index (χ1) is 17.0. The van der Waals surface area contributed by atoms with Gasteiger partial charge in [0.2, 0.25) is 0 Å². The van der Waals surface area contributed by atoms with Crippen molar-refractivity contribution in [3.05, 3.63) is 137 Å². The van der Waals surface area contributed by atoms with Crippen molar-refractivity contribution in [1.29, 1.82) is 0 Å². The summed E-state index contributed by atoms with van der Waals surface area (Å²) in [5.41, 5.74) is 9.83. The first-order valence-electron chi connectivity index (χ1n) is 12.5. The van der Waals surface area contributed by atoms with Gasteiger partial charge < -0.3 is 4.90 Å². The number of benzene rings is 4. The van der Waals surface area contributed by atoms with Gasteiger partial charge in [-0.15, -0.1) is 0 Å². The fourth-order valence-electron chi connectivity index (χ4n) is 4.24. The Morgan fingerprint density at radius 2 is 1.14 bits per heavy atom. The highest BCUT2D eigenvalue weighted by Gasteiger charge is 2.13. The lowest BCUT2D eigenvalue weighted by Crippen LogP contribution is -2.11. The van der Waals surface area contributed by atoms with Crippen LogP contribution < -0.4 is 4.90 Å². The van der Waals surface area contributed by atoms with E-state index < -0.39 is 0 Å². The predicted molar refractivity (Wildman–Crippen MR) is 154 cm³/mol. The van der Waals surface area contributed by atoms with Crippen LogP contribution in [0.5, 0.6) is 0 Å². The number of hydrogen-bond donors (Lipinski definition) is 0. The van der Waals surface area contributed by atoms with Gasteiger partial charge in [0.05, 0.1) is 0 Å². The predicted octanol–water partition coefficient (Wildman–Crippen LogP) is 9.70. The summed E-state index contributed by atoms with van der Waals surface area (Å²) >= 11 is 0. The molecule has 0 aliphatic heterocycles. The molecule has 0 radical (unpaired) electrons. The van der Waals surface area contributed by atoms with Crippen LogP contribution in [0.3, 0.4) is 0 Å². The molecule has 0 atom stereocenters. The Morgan fingerprint density at radius 1 is 0.629 bits per heavy atom. The van der Waals surface area contributed by atoms with Gasteiger partial charge in [0, 0.05) is 17.1 Å². The van der Waals surface area contributed by atoms with Crippen LogP contribution in [-0.4, -0.2) is 0 Å². The lowest BCUT2D eigenvalue weighted by molar-refractivity contribution is 0.647. The Bertz CT molecular complexity index is 1270. The van der Waals surface area contributed by atoms with Gasteiger partial charge in [-0.1, -0.05) is 110 Å². The van der Waals surface area contributed by atoms with E-state index in [-0.39, 0.29) is 0 Å². The fourth-order valence-corrected chi connectivity index (χ4v) is 4.24. The number of nitrogens with zero attached hydrogens (tertiary/aromatic N) is 1.